The van der Waals surface area contributed by atoms with Crippen LogP contribution in [-0.4, -0.2) is 53.7 Å². The third-order valence-electron chi connectivity index (χ3n) is 7.07. The van der Waals surface area contributed by atoms with Crippen LogP contribution in [0.5, 0.6) is 0 Å². The molecule has 7 heteroatoms. The normalized spacial score (nSPS) is 16.6. The Hall–Kier alpha value is -3.35. The number of hydrogen-bond acceptors (Lipinski definition) is 4. The second kappa shape index (κ2) is 11.9. The van der Waals surface area contributed by atoms with Gasteiger partial charge in [-0.15, -0.1) is 0 Å². The Morgan fingerprint density at radius 1 is 0.943 bits per heavy atom. The number of likely N-dealkylation sites (tertiary alicyclic amines) is 1. The predicted octanol–water partition coefficient (Wildman–Crippen LogP) is 4.94. The summed E-state index contributed by atoms with van der Waals surface area (Å²) >= 11 is 0. The van der Waals surface area contributed by atoms with Crippen LogP contribution in [0.15, 0.2) is 48.5 Å². The van der Waals surface area contributed by atoms with E-state index in [4.69, 9.17) is 9.84 Å². The molecule has 2 amide bonds. The van der Waals surface area contributed by atoms with Crippen molar-refractivity contribution < 1.29 is 24.2 Å². The van der Waals surface area contributed by atoms with Gasteiger partial charge in [0.2, 0.25) is 5.91 Å². The molecule has 0 bridgehead atoms. The second-order valence-corrected chi connectivity index (χ2v) is 9.38. The molecule has 1 saturated heterocycles. The number of rotatable bonds is 11. The van der Waals surface area contributed by atoms with E-state index in [0.29, 0.717) is 26.0 Å². The number of ether oxygens (including phenoxy) is 1. The molecule has 2 aromatic carbocycles. The molecule has 186 valence electrons. The number of carboxylic acids is 1. The molecule has 0 radical (unpaired) electrons. The molecule has 4 rings (SSSR count). The number of aliphatic carboxylic acids is 1. The third-order valence-corrected chi connectivity index (χ3v) is 7.07. The average molecular weight is 479 g/mol. The highest BCUT2D eigenvalue weighted by Crippen LogP contribution is 2.44. The smallest absolute Gasteiger partial charge is 0.407 e. The summed E-state index contributed by atoms with van der Waals surface area (Å²) in [6.07, 6.45) is 4.90. The van der Waals surface area contributed by atoms with Crippen molar-refractivity contribution in [3.05, 3.63) is 59.7 Å². The number of amides is 2. The summed E-state index contributed by atoms with van der Waals surface area (Å²) in [6.45, 7) is 1.54. The van der Waals surface area contributed by atoms with Gasteiger partial charge in [0.15, 0.2) is 0 Å². The summed E-state index contributed by atoms with van der Waals surface area (Å²) < 4.78 is 5.55. The molecule has 1 unspecified atom stereocenters. The van der Waals surface area contributed by atoms with Gasteiger partial charge in [-0.05, 0) is 54.4 Å². The Morgan fingerprint density at radius 3 is 2.31 bits per heavy atom. The highest BCUT2D eigenvalue weighted by Gasteiger charge is 2.29. The molecule has 1 fully saturated rings. The fourth-order valence-corrected chi connectivity index (χ4v) is 5.32. The van der Waals surface area contributed by atoms with Gasteiger partial charge in [-0.25, -0.2) is 4.79 Å². The molecule has 1 aliphatic heterocycles. The molecule has 0 saturated carbocycles. The maximum absolute atomic E-state index is 12.5. The molecule has 0 aromatic heterocycles. The topological polar surface area (TPSA) is 95.9 Å². The van der Waals surface area contributed by atoms with Crippen molar-refractivity contribution >= 4 is 18.0 Å². The molecule has 1 aliphatic carbocycles. The van der Waals surface area contributed by atoms with Crippen LogP contribution < -0.4 is 5.32 Å². The molecule has 2 N–H and O–H groups in total. The molecule has 0 spiro atoms. The summed E-state index contributed by atoms with van der Waals surface area (Å²) in [5.41, 5.74) is 4.78. The van der Waals surface area contributed by atoms with Gasteiger partial charge in [0.25, 0.3) is 0 Å². The van der Waals surface area contributed by atoms with E-state index >= 15 is 0 Å². The maximum atomic E-state index is 12.5. The highest BCUT2D eigenvalue weighted by molar-refractivity contribution is 5.79. The summed E-state index contributed by atoms with van der Waals surface area (Å²) in [5.74, 6) is -0.653. The lowest BCUT2D eigenvalue weighted by molar-refractivity contribution is -0.138. The Bertz CT molecular complexity index is 1010. The van der Waals surface area contributed by atoms with Crippen LogP contribution in [0.1, 0.15) is 68.4 Å². The first-order valence-corrected chi connectivity index (χ1v) is 12.6. The number of alkyl carbamates (subject to hydrolysis) is 1. The van der Waals surface area contributed by atoms with E-state index in [9.17, 15) is 14.4 Å². The van der Waals surface area contributed by atoms with E-state index in [2.05, 4.69) is 29.6 Å². The number of unbranched alkanes of at least 4 members (excludes halogenated alkanes) is 2. The summed E-state index contributed by atoms with van der Waals surface area (Å²) in [6, 6.07) is 16.6. The van der Waals surface area contributed by atoms with Crippen LogP contribution in [0.2, 0.25) is 0 Å². The van der Waals surface area contributed by atoms with Crippen molar-refractivity contribution in [3.8, 4) is 11.1 Å². The van der Waals surface area contributed by atoms with Gasteiger partial charge >= 0.3 is 12.1 Å². The van der Waals surface area contributed by atoms with E-state index < -0.39 is 12.1 Å². The highest BCUT2D eigenvalue weighted by atomic mass is 16.5. The fraction of sp³-hybridized carbons (Fsp3) is 0.464. The van der Waals surface area contributed by atoms with Crippen LogP contribution in [0, 0.1) is 0 Å². The maximum Gasteiger partial charge on any atom is 0.407 e. The molecule has 7 nitrogen and oxygen atoms in total. The Labute approximate surface area is 206 Å². The first-order chi connectivity index (χ1) is 17.0. The first-order valence-electron chi connectivity index (χ1n) is 12.6. The summed E-state index contributed by atoms with van der Waals surface area (Å²) in [7, 11) is 0. The van der Waals surface area contributed by atoms with Gasteiger partial charge < -0.3 is 20.1 Å². The van der Waals surface area contributed by atoms with Gasteiger partial charge in [0, 0.05) is 37.9 Å². The van der Waals surface area contributed by atoms with Crippen molar-refractivity contribution in [2.75, 3.05) is 19.7 Å². The largest absolute Gasteiger partial charge is 0.481 e. The van der Waals surface area contributed by atoms with Crippen LogP contribution in [0.4, 0.5) is 4.79 Å². The second-order valence-electron chi connectivity index (χ2n) is 9.38. The summed E-state index contributed by atoms with van der Waals surface area (Å²) in [5, 5.41) is 11.7. The van der Waals surface area contributed by atoms with Crippen molar-refractivity contribution in [2.24, 2.45) is 0 Å². The monoisotopic (exact) mass is 478 g/mol. The molecular formula is C28H34N2O5. The average Bonchev–Trinajstić information content (AvgIpc) is 3.46. The number of nitrogens with one attached hydrogen (secondary N) is 1. The summed E-state index contributed by atoms with van der Waals surface area (Å²) in [4.78, 5) is 37.4. The number of fused-ring (bicyclic) bond motifs is 3. The fourth-order valence-electron chi connectivity index (χ4n) is 5.32. The minimum atomic E-state index is -0.812. The lowest BCUT2D eigenvalue weighted by atomic mass is 9.98. The Balaban J connectivity index is 1.12. The van der Waals surface area contributed by atoms with E-state index in [1.165, 1.54) is 22.3 Å². The zero-order valence-electron chi connectivity index (χ0n) is 20.1. The van der Waals surface area contributed by atoms with E-state index in [-0.39, 0.29) is 24.3 Å². The van der Waals surface area contributed by atoms with Crippen molar-refractivity contribution in [3.63, 3.8) is 0 Å². The zero-order valence-corrected chi connectivity index (χ0v) is 20.1. The van der Waals surface area contributed by atoms with Gasteiger partial charge in [-0.2, -0.15) is 0 Å². The van der Waals surface area contributed by atoms with Crippen LogP contribution in [0.3, 0.4) is 0 Å². The predicted molar refractivity (Wildman–Crippen MR) is 133 cm³/mol. The number of carboxylic acid groups (broad SMARTS) is 1. The van der Waals surface area contributed by atoms with Gasteiger partial charge in [0.1, 0.15) is 6.61 Å². The SMILES string of the molecule is O=C(O)CCC1CCCN1C(=O)CCCCCNC(=O)OCC1c2ccccc2-c2ccccc21. The number of carbonyl (C=O) groups excluding carboxylic acids is 2. The van der Waals surface area contributed by atoms with E-state index in [1.54, 1.807) is 0 Å². The molecule has 2 aliphatic rings. The van der Waals surface area contributed by atoms with Crippen LogP contribution in [0.25, 0.3) is 11.1 Å². The number of carbonyl (C=O) groups is 3. The number of benzene rings is 2. The van der Waals surface area contributed by atoms with Crippen molar-refractivity contribution in [1.29, 1.82) is 0 Å². The standard InChI is InChI=1S/C28H34N2O5/c31-26(30-18-8-9-20(30)15-16-27(32)33)14-2-1-7-17-29-28(34)35-19-25-23-12-5-3-10-21(23)22-11-4-6-13-24(22)25/h3-6,10-13,20,25H,1-2,7-9,14-19H2,(H,29,34)(H,32,33). The molecule has 35 heavy (non-hydrogen) atoms. The van der Waals surface area contributed by atoms with Crippen molar-refractivity contribution in [1.82, 2.24) is 10.2 Å². The molecule has 2 aromatic rings. The van der Waals surface area contributed by atoms with E-state index in [0.717, 1.165) is 38.6 Å². The molecule has 1 atom stereocenters. The van der Waals surface area contributed by atoms with Gasteiger partial charge in [-0.3, -0.25) is 9.59 Å². The van der Waals surface area contributed by atoms with Gasteiger partial charge in [0.05, 0.1) is 0 Å². The minimum absolute atomic E-state index is 0.0454. The number of nitrogens with zero attached hydrogens (tertiary/aromatic N) is 1. The lowest BCUT2D eigenvalue weighted by Crippen LogP contribution is -2.35. The van der Waals surface area contributed by atoms with Gasteiger partial charge in [-0.1, -0.05) is 55.0 Å². The Morgan fingerprint density at radius 2 is 1.63 bits per heavy atom. The Kier molecular flexibility index (Phi) is 8.40. The quantitative estimate of drug-likeness (QED) is 0.446. The zero-order chi connectivity index (χ0) is 24.6. The van der Waals surface area contributed by atoms with Crippen LogP contribution >= 0.6 is 0 Å². The van der Waals surface area contributed by atoms with Crippen molar-refractivity contribution in [2.45, 2.75) is 63.3 Å². The van der Waals surface area contributed by atoms with Crippen LogP contribution in [-0.2, 0) is 14.3 Å². The third kappa shape index (κ3) is 6.21. The molecular weight excluding hydrogens is 444 g/mol. The minimum Gasteiger partial charge on any atom is -0.481 e. The first kappa shape index (κ1) is 24.8. The lowest BCUT2D eigenvalue weighted by Gasteiger charge is -2.24. The number of hydrogen-bond donors (Lipinski definition) is 2. The van der Waals surface area contributed by atoms with E-state index in [1.807, 2.05) is 29.2 Å². The molecule has 1 heterocycles.